The van der Waals surface area contributed by atoms with E-state index in [0.717, 1.165) is 19.5 Å². The van der Waals surface area contributed by atoms with Gasteiger partial charge in [-0.3, -0.25) is 4.79 Å². The lowest BCUT2D eigenvalue weighted by Gasteiger charge is -2.17. The van der Waals surface area contributed by atoms with Crippen LogP contribution in [0.3, 0.4) is 0 Å². The zero-order chi connectivity index (χ0) is 12.0. The topological polar surface area (TPSA) is 58.4 Å². The predicted molar refractivity (Wildman–Crippen MR) is 80.6 cm³/mol. The minimum Gasteiger partial charge on any atom is -0.353 e. The smallest absolute Gasteiger partial charge is 0.236 e. The standard InChI is InChI=1S/C12H25N3O.2ClH/c1-10(2)9-11(13)12(16)14-5-8-15-6-3-4-7-15;;/h10-11H,3-9,13H2,1-2H3,(H,14,16);2*1H/t11-;;/m0../s1. The molecule has 1 aliphatic rings. The molecule has 1 amide bonds. The van der Waals surface area contributed by atoms with Crippen LogP contribution in [0.15, 0.2) is 0 Å². The molecule has 3 N–H and O–H groups in total. The summed E-state index contributed by atoms with van der Waals surface area (Å²) in [4.78, 5) is 14.0. The molecule has 1 heterocycles. The molecule has 1 saturated heterocycles. The number of amides is 1. The average molecular weight is 300 g/mol. The number of nitrogens with one attached hydrogen (secondary N) is 1. The van der Waals surface area contributed by atoms with Gasteiger partial charge < -0.3 is 16.0 Å². The summed E-state index contributed by atoms with van der Waals surface area (Å²) >= 11 is 0. The first-order chi connectivity index (χ1) is 7.59. The Morgan fingerprint density at radius 2 is 1.83 bits per heavy atom. The zero-order valence-corrected chi connectivity index (χ0v) is 13.0. The Labute approximate surface area is 123 Å². The molecule has 6 heteroatoms. The molecule has 1 rings (SSSR count). The summed E-state index contributed by atoms with van der Waals surface area (Å²) in [6, 6.07) is -0.349. The average Bonchev–Trinajstić information content (AvgIpc) is 2.69. The quantitative estimate of drug-likeness (QED) is 0.780. The second kappa shape index (κ2) is 10.9. The van der Waals surface area contributed by atoms with Gasteiger partial charge in [-0.25, -0.2) is 0 Å². The summed E-state index contributed by atoms with van der Waals surface area (Å²) in [5.74, 6) is 0.465. The Bertz CT molecular complexity index is 221. The van der Waals surface area contributed by atoms with Gasteiger partial charge in [0.25, 0.3) is 0 Å². The fourth-order valence-electron chi connectivity index (χ4n) is 2.09. The van der Waals surface area contributed by atoms with Crippen LogP contribution in [0.25, 0.3) is 0 Å². The number of hydrogen-bond acceptors (Lipinski definition) is 3. The number of rotatable bonds is 6. The Hall–Kier alpha value is -0.0300. The fraction of sp³-hybridized carbons (Fsp3) is 0.917. The van der Waals surface area contributed by atoms with Crippen LogP contribution in [-0.4, -0.2) is 43.0 Å². The van der Waals surface area contributed by atoms with Crippen LogP contribution < -0.4 is 11.1 Å². The van der Waals surface area contributed by atoms with Crippen LogP contribution in [0.1, 0.15) is 33.1 Å². The van der Waals surface area contributed by atoms with Crippen molar-refractivity contribution in [3.8, 4) is 0 Å². The molecule has 0 unspecified atom stereocenters. The number of hydrogen-bond donors (Lipinski definition) is 2. The summed E-state index contributed by atoms with van der Waals surface area (Å²) in [7, 11) is 0. The van der Waals surface area contributed by atoms with E-state index in [1.54, 1.807) is 0 Å². The molecule has 0 aromatic heterocycles. The molecule has 1 atom stereocenters. The summed E-state index contributed by atoms with van der Waals surface area (Å²) < 4.78 is 0. The second-order valence-electron chi connectivity index (χ2n) is 5.08. The zero-order valence-electron chi connectivity index (χ0n) is 11.4. The number of nitrogens with zero attached hydrogens (tertiary/aromatic N) is 1. The van der Waals surface area contributed by atoms with Crippen molar-refractivity contribution in [1.29, 1.82) is 0 Å². The van der Waals surface area contributed by atoms with E-state index in [9.17, 15) is 4.79 Å². The third kappa shape index (κ3) is 8.14. The highest BCUT2D eigenvalue weighted by atomic mass is 35.5. The van der Waals surface area contributed by atoms with Crippen molar-refractivity contribution in [1.82, 2.24) is 10.2 Å². The molecule has 1 fully saturated rings. The largest absolute Gasteiger partial charge is 0.353 e. The first-order valence-corrected chi connectivity index (χ1v) is 6.35. The highest BCUT2D eigenvalue weighted by Gasteiger charge is 2.15. The minimum absolute atomic E-state index is 0. The summed E-state index contributed by atoms with van der Waals surface area (Å²) in [6.45, 7) is 8.20. The molecule has 18 heavy (non-hydrogen) atoms. The van der Waals surface area contributed by atoms with E-state index >= 15 is 0 Å². The van der Waals surface area contributed by atoms with Gasteiger partial charge in [0.2, 0.25) is 5.91 Å². The van der Waals surface area contributed by atoms with E-state index < -0.39 is 0 Å². The molecule has 0 spiro atoms. The lowest BCUT2D eigenvalue weighted by molar-refractivity contribution is -0.122. The van der Waals surface area contributed by atoms with E-state index in [2.05, 4.69) is 24.1 Å². The molecule has 110 valence electrons. The molecule has 0 saturated carbocycles. The summed E-state index contributed by atoms with van der Waals surface area (Å²) in [5.41, 5.74) is 5.79. The molecular weight excluding hydrogens is 273 g/mol. The fourth-order valence-corrected chi connectivity index (χ4v) is 2.09. The molecule has 0 bridgehead atoms. The molecule has 0 aromatic carbocycles. The number of nitrogens with two attached hydrogens (primary N) is 1. The molecule has 0 aromatic rings. The molecule has 1 aliphatic heterocycles. The first-order valence-electron chi connectivity index (χ1n) is 6.35. The van der Waals surface area contributed by atoms with Gasteiger partial charge in [0.15, 0.2) is 0 Å². The van der Waals surface area contributed by atoms with Gasteiger partial charge in [-0.2, -0.15) is 0 Å². The van der Waals surface area contributed by atoms with Crippen molar-refractivity contribution in [2.45, 2.75) is 39.2 Å². The van der Waals surface area contributed by atoms with Crippen molar-refractivity contribution in [2.24, 2.45) is 11.7 Å². The van der Waals surface area contributed by atoms with Crippen molar-refractivity contribution in [3.63, 3.8) is 0 Å². The number of likely N-dealkylation sites (tertiary alicyclic amines) is 1. The Morgan fingerprint density at radius 3 is 2.33 bits per heavy atom. The Kier molecular flexibility index (Phi) is 12.2. The van der Waals surface area contributed by atoms with Crippen molar-refractivity contribution >= 4 is 30.7 Å². The van der Waals surface area contributed by atoms with Gasteiger partial charge in [-0.15, -0.1) is 24.8 Å². The van der Waals surface area contributed by atoms with Crippen LogP contribution in [0.5, 0.6) is 0 Å². The van der Waals surface area contributed by atoms with Crippen molar-refractivity contribution in [2.75, 3.05) is 26.2 Å². The molecule has 0 aliphatic carbocycles. The van der Waals surface area contributed by atoms with Gasteiger partial charge >= 0.3 is 0 Å². The van der Waals surface area contributed by atoms with Crippen molar-refractivity contribution < 1.29 is 4.79 Å². The van der Waals surface area contributed by atoms with E-state index in [1.807, 2.05) is 0 Å². The normalized spacial score (nSPS) is 16.9. The maximum atomic E-state index is 11.6. The third-order valence-corrected chi connectivity index (χ3v) is 2.99. The Balaban J connectivity index is 0. The maximum absolute atomic E-state index is 11.6. The Morgan fingerprint density at radius 1 is 1.28 bits per heavy atom. The number of halogens is 2. The third-order valence-electron chi connectivity index (χ3n) is 2.99. The van der Waals surface area contributed by atoms with Gasteiger partial charge in [0.05, 0.1) is 6.04 Å². The van der Waals surface area contributed by atoms with E-state index in [4.69, 9.17) is 5.73 Å². The van der Waals surface area contributed by atoms with Crippen LogP contribution in [0.4, 0.5) is 0 Å². The molecular formula is C12H27Cl2N3O. The number of carbonyl (C=O) groups is 1. The van der Waals surface area contributed by atoms with Gasteiger partial charge in [0.1, 0.15) is 0 Å². The van der Waals surface area contributed by atoms with Crippen LogP contribution in [0.2, 0.25) is 0 Å². The van der Waals surface area contributed by atoms with Gasteiger partial charge in [0, 0.05) is 13.1 Å². The predicted octanol–water partition coefficient (Wildman–Crippen LogP) is 1.42. The van der Waals surface area contributed by atoms with E-state index in [0.29, 0.717) is 5.92 Å². The van der Waals surface area contributed by atoms with Crippen LogP contribution in [0, 0.1) is 5.92 Å². The highest BCUT2D eigenvalue weighted by molar-refractivity contribution is 5.85. The highest BCUT2D eigenvalue weighted by Crippen LogP contribution is 2.05. The van der Waals surface area contributed by atoms with E-state index in [1.165, 1.54) is 25.9 Å². The molecule has 4 nitrogen and oxygen atoms in total. The number of carbonyl (C=O) groups excluding carboxylic acids is 1. The summed E-state index contributed by atoms with van der Waals surface area (Å²) in [5, 5.41) is 2.91. The lowest BCUT2D eigenvalue weighted by Crippen LogP contribution is -2.43. The van der Waals surface area contributed by atoms with Crippen LogP contribution in [-0.2, 0) is 4.79 Å². The monoisotopic (exact) mass is 299 g/mol. The minimum atomic E-state index is -0.349. The van der Waals surface area contributed by atoms with E-state index in [-0.39, 0.29) is 36.8 Å². The maximum Gasteiger partial charge on any atom is 0.236 e. The lowest BCUT2D eigenvalue weighted by atomic mass is 10.0. The van der Waals surface area contributed by atoms with Gasteiger partial charge in [-0.05, 0) is 38.3 Å². The van der Waals surface area contributed by atoms with Crippen LogP contribution >= 0.6 is 24.8 Å². The van der Waals surface area contributed by atoms with Crippen molar-refractivity contribution in [3.05, 3.63) is 0 Å². The summed E-state index contributed by atoms with van der Waals surface area (Å²) in [6.07, 6.45) is 3.34. The first kappa shape index (κ1) is 20.3. The SMILES string of the molecule is CC(C)C[C@H](N)C(=O)NCCN1CCCC1.Cl.Cl. The second-order valence-corrected chi connectivity index (χ2v) is 5.08. The molecule has 0 radical (unpaired) electrons. The van der Waals surface area contributed by atoms with Gasteiger partial charge in [-0.1, -0.05) is 13.8 Å².